The van der Waals surface area contributed by atoms with Crippen LogP contribution < -0.4 is 0 Å². The minimum Gasteiger partial charge on any atom is -0.336 e. The fourth-order valence-electron chi connectivity index (χ4n) is 3.85. The van der Waals surface area contributed by atoms with E-state index in [0.29, 0.717) is 5.92 Å². The van der Waals surface area contributed by atoms with Crippen LogP contribution in [0.4, 0.5) is 19.0 Å². The molecule has 1 N–H and O–H groups in total. The molecule has 2 atom stereocenters. The molecule has 0 fully saturated rings. The second-order valence-electron chi connectivity index (χ2n) is 6.85. The van der Waals surface area contributed by atoms with Crippen molar-refractivity contribution in [2.45, 2.75) is 38.3 Å². The first kappa shape index (κ1) is 17.7. The molecule has 0 amide bonds. The first-order valence-electron chi connectivity index (χ1n) is 9.00. The van der Waals surface area contributed by atoms with E-state index < -0.39 is 11.9 Å². The lowest BCUT2D eigenvalue weighted by Gasteiger charge is -2.30. The maximum absolute atomic E-state index is 13.0. The number of benzene rings is 1. The van der Waals surface area contributed by atoms with Crippen molar-refractivity contribution in [1.82, 2.24) is 15.0 Å². The van der Waals surface area contributed by atoms with Crippen LogP contribution in [-0.2, 0) is 12.6 Å². The molecule has 2 aromatic heterocycles. The van der Waals surface area contributed by atoms with E-state index in [4.69, 9.17) is 0 Å². The van der Waals surface area contributed by atoms with Crippen LogP contribution in [0.5, 0.6) is 0 Å². The van der Waals surface area contributed by atoms with Gasteiger partial charge in [-0.15, -0.1) is 0 Å². The number of fused-ring (bicyclic) bond motifs is 2. The van der Waals surface area contributed by atoms with Gasteiger partial charge in [0.05, 0.1) is 5.39 Å². The molecule has 1 unspecified atom stereocenters. The van der Waals surface area contributed by atoms with E-state index in [2.05, 4.69) is 39.0 Å². The number of aliphatic imine (C=N–C) groups is 1. The van der Waals surface area contributed by atoms with Crippen LogP contribution in [0, 0.1) is 5.92 Å². The van der Waals surface area contributed by atoms with Gasteiger partial charge in [-0.3, -0.25) is 0 Å². The van der Waals surface area contributed by atoms with Crippen molar-refractivity contribution in [3.05, 3.63) is 53.5 Å². The maximum Gasteiger partial charge on any atom is 0.431 e. The third-order valence-corrected chi connectivity index (χ3v) is 5.30. The number of aromatic nitrogens is 3. The van der Waals surface area contributed by atoms with Crippen LogP contribution in [0.3, 0.4) is 0 Å². The van der Waals surface area contributed by atoms with Gasteiger partial charge in [0.25, 0.3) is 0 Å². The summed E-state index contributed by atoms with van der Waals surface area (Å²) in [6.07, 6.45) is 1.76. The zero-order valence-electron chi connectivity index (χ0n) is 14.8. The molecule has 4 nitrogen and oxygen atoms in total. The molecule has 4 rings (SSSR count). The summed E-state index contributed by atoms with van der Waals surface area (Å²) in [5.74, 6) is 0.841. The first-order chi connectivity index (χ1) is 13.0. The Morgan fingerprint density at radius 1 is 1.26 bits per heavy atom. The topological polar surface area (TPSA) is 53.9 Å². The summed E-state index contributed by atoms with van der Waals surface area (Å²) in [5.41, 5.74) is 1.85. The molecule has 0 radical (unpaired) electrons. The Hall–Kier alpha value is -2.70. The van der Waals surface area contributed by atoms with Gasteiger partial charge < -0.3 is 4.98 Å². The predicted octanol–water partition coefficient (Wildman–Crippen LogP) is 5.44. The van der Waals surface area contributed by atoms with Gasteiger partial charge in [0.2, 0.25) is 0 Å². The van der Waals surface area contributed by atoms with Crippen LogP contribution in [-0.4, -0.2) is 21.2 Å². The molecule has 0 saturated heterocycles. The lowest BCUT2D eigenvalue weighted by molar-refractivity contribution is -0.140. The summed E-state index contributed by atoms with van der Waals surface area (Å²) in [4.78, 5) is 14.8. The minimum atomic E-state index is -4.46. The van der Waals surface area contributed by atoms with E-state index in [1.807, 2.05) is 18.3 Å². The van der Waals surface area contributed by atoms with Gasteiger partial charge >= 0.3 is 6.18 Å². The SMILES string of the molecule is CC[C@@H]1CCc2ccccc2C1/C=N\c1ncnc2[nH]c(C(F)(F)F)cc12. The average molecular weight is 372 g/mol. The molecule has 0 saturated carbocycles. The molecule has 1 aliphatic rings. The fourth-order valence-corrected chi connectivity index (χ4v) is 3.85. The number of aromatic amines is 1. The number of alkyl halides is 3. The molecular weight excluding hydrogens is 353 g/mol. The highest BCUT2D eigenvalue weighted by Gasteiger charge is 2.33. The second kappa shape index (κ2) is 6.79. The van der Waals surface area contributed by atoms with Gasteiger partial charge in [0, 0.05) is 12.1 Å². The Morgan fingerprint density at radius 2 is 2.07 bits per heavy atom. The van der Waals surface area contributed by atoms with Gasteiger partial charge in [-0.25, -0.2) is 15.0 Å². The number of rotatable bonds is 3. The van der Waals surface area contributed by atoms with Crippen molar-refractivity contribution < 1.29 is 13.2 Å². The average Bonchev–Trinajstić information content (AvgIpc) is 3.11. The first-order valence-corrected chi connectivity index (χ1v) is 9.00. The number of nitrogens with zero attached hydrogens (tertiary/aromatic N) is 3. The Kier molecular flexibility index (Phi) is 4.45. The van der Waals surface area contributed by atoms with Crippen LogP contribution in [0.1, 0.15) is 42.5 Å². The quantitative estimate of drug-likeness (QED) is 0.623. The summed E-state index contributed by atoms with van der Waals surface area (Å²) in [6, 6.07) is 9.32. The third kappa shape index (κ3) is 3.34. The second-order valence-corrected chi connectivity index (χ2v) is 6.85. The Bertz CT molecular complexity index is 990. The van der Waals surface area contributed by atoms with Gasteiger partial charge in [0.1, 0.15) is 17.7 Å². The third-order valence-electron chi connectivity index (χ3n) is 5.30. The minimum absolute atomic E-state index is 0.131. The molecule has 27 heavy (non-hydrogen) atoms. The molecule has 0 bridgehead atoms. The van der Waals surface area contributed by atoms with Crippen molar-refractivity contribution in [2.75, 3.05) is 0 Å². The number of hydrogen-bond donors (Lipinski definition) is 1. The summed E-state index contributed by atoms with van der Waals surface area (Å²) < 4.78 is 38.9. The summed E-state index contributed by atoms with van der Waals surface area (Å²) in [6.45, 7) is 2.16. The Labute approximate surface area is 154 Å². The highest BCUT2D eigenvalue weighted by molar-refractivity contribution is 5.88. The number of nitrogens with one attached hydrogen (secondary N) is 1. The fraction of sp³-hybridized carbons (Fsp3) is 0.350. The predicted molar refractivity (Wildman–Crippen MR) is 98.3 cm³/mol. The van der Waals surface area contributed by atoms with Gasteiger partial charge in [-0.05, 0) is 36.0 Å². The number of halogens is 3. The smallest absolute Gasteiger partial charge is 0.336 e. The number of aryl methyl sites for hydroxylation is 1. The van der Waals surface area contributed by atoms with E-state index >= 15 is 0 Å². The maximum atomic E-state index is 13.0. The highest BCUT2D eigenvalue weighted by Crippen LogP contribution is 2.38. The van der Waals surface area contributed by atoms with Crippen molar-refractivity contribution in [3.8, 4) is 0 Å². The van der Waals surface area contributed by atoms with Crippen LogP contribution in [0.2, 0.25) is 0 Å². The molecule has 1 aromatic carbocycles. The largest absolute Gasteiger partial charge is 0.431 e. The lowest BCUT2D eigenvalue weighted by atomic mass is 9.74. The van der Waals surface area contributed by atoms with Crippen LogP contribution >= 0.6 is 0 Å². The molecular formula is C20H19F3N4. The van der Waals surface area contributed by atoms with Crippen molar-refractivity contribution in [2.24, 2.45) is 10.9 Å². The Morgan fingerprint density at radius 3 is 2.85 bits per heavy atom. The van der Waals surface area contributed by atoms with E-state index in [9.17, 15) is 13.2 Å². The summed E-state index contributed by atoms with van der Waals surface area (Å²) >= 11 is 0. The monoisotopic (exact) mass is 372 g/mol. The molecule has 0 aliphatic heterocycles. The molecule has 1 aliphatic carbocycles. The zero-order chi connectivity index (χ0) is 19.0. The zero-order valence-corrected chi connectivity index (χ0v) is 14.8. The van der Waals surface area contributed by atoms with E-state index in [1.54, 1.807) is 0 Å². The summed E-state index contributed by atoms with van der Waals surface area (Å²) in [5, 5.41) is 0.276. The van der Waals surface area contributed by atoms with Gasteiger partial charge in [0.15, 0.2) is 5.82 Å². The number of H-pyrrole nitrogens is 1. The molecule has 3 aromatic rings. The van der Waals surface area contributed by atoms with Crippen molar-refractivity contribution in [3.63, 3.8) is 0 Å². The number of hydrogen-bond acceptors (Lipinski definition) is 3. The van der Waals surface area contributed by atoms with E-state index in [1.165, 1.54) is 17.5 Å². The van der Waals surface area contributed by atoms with Gasteiger partial charge in [-0.1, -0.05) is 37.6 Å². The lowest BCUT2D eigenvalue weighted by Crippen LogP contribution is -2.21. The van der Waals surface area contributed by atoms with E-state index in [-0.39, 0.29) is 22.8 Å². The summed E-state index contributed by atoms with van der Waals surface area (Å²) in [7, 11) is 0. The van der Waals surface area contributed by atoms with E-state index in [0.717, 1.165) is 25.3 Å². The standard InChI is InChI=1S/C20H19F3N4/c1-2-12-7-8-13-5-3-4-6-14(13)16(12)10-24-18-15-9-17(20(21,22)23)27-19(15)26-11-25-18/h3-6,9-12,16H,2,7-8H2,1H3,(H,25,26,27)/b24-10-/t12-,16?/m1/s1. The molecule has 140 valence electrons. The van der Waals surface area contributed by atoms with Crippen LogP contribution in [0.15, 0.2) is 41.7 Å². The Balaban J connectivity index is 1.73. The van der Waals surface area contributed by atoms with Crippen molar-refractivity contribution in [1.29, 1.82) is 0 Å². The normalized spacial score (nSPS) is 20.3. The highest BCUT2D eigenvalue weighted by atomic mass is 19.4. The molecule has 0 spiro atoms. The van der Waals surface area contributed by atoms with Crippen molar-refractivity contribution >= 4 is 23.1 Å². The molecule has 2 heterocycles. The van der Waals surface area contributed by atoms with Crippen LogP contribution in [0.25, 0.3) is 11.0 Å². The molecule has 7 heteroatoms. The van der Waals surface area contributed by atoms with Gasteiger partial charge in [-0.2, -0.15) is 13.2 Å².